The maximum atomic E-state index is 13.6. The first-order chi connectivity index (χ1) is 12.7. The van der Waals surface area contributed by atoms with Crippen LogP contribution in [0.25, 0.3) is 0 Å². The summed E-state index contributed by atoms with van der Waals surface area (Å²) in [4.78, 5) is 12.6. The van der Waals surface area contributed by atoms with E-state index < -0.39 is 24.2 Å². The fourth-order valence-electron chi connectivity index (χ4n) is 2.67. The van der Waals surface area contributed by atoms with Crippen molar-refractivity contribution in [3.8, 4) is 11.5 Å². The van der Waals surface area contributed by atoms with Gasteiger partial charge in [0.1, 0.15) is 11.5 Å². The van der Waals surface area contributed by atoms with Gasteiger partial charge in [-0.05, 0) is 36.4 Å². The van der Waals surface area contributed by atoms with E-state index in [4.69, 9.17) is 4.74 Å². The molecule has 2 N–H and O–H groups in total. The molecule has 6 nitrogen and oxygen atoms in total. The van der Waals surface area contributed by atoms with Crippen LogP contribution in [0.2, 0.25) is 0 Å². The van der Waals surface area contributed by atoms with Crippen LogP contribution in [0.4, 0.5) is 13.2 Å². The summed E-state index contributed by atoms with van der Waals surface area (Å²) in [5.74, 6) is -0.901. The zero-order valence-corrected chi connectivity index (χ0v) is 14.1. The Hall–Kier alpha value is -3.07. The third-order valence-corrected chi connectivity index (χ3v) is 4.15. The number of phenols is 1. The van der Waals surface area contributed by atoms with E-state index >= 15 is 0 Å². The number of methoxy groups -OCH3 is 1. The van der Waals surface area contributed by atoms with E-state index in [1.807, 2.05) is 0 Å². The summed E-state index contributed by atoms with van der Waals surface area (Å²) in [5.41, 5.74) is -3.47. The number of alkyl halides is 3. The molecule has 2 aromatic rings. The minimum absolute atomic E-state index is 0.0359. The van der Waals surface area contributed by atoms with Crippen LogP contribution in [0.15, 0.2) is 53.6 Å². The quantitative estimate of drug-likeness (QED) is 0.858. The number of carbonyl (C=O) groups is 1. The van der Waals surface area contributed by atoms with Gasteiger partial charge in [0.15, 0.2) is 0 Å². The molecule has 0 unspecified atom stereocenters. The predicted molar refractivity (Wildman–Crippen MR) is 89.4 cm³/mol. The molecule has 0 radical (unpaired) electrons. The van der Waals surface area contributed by atoms with Crippen molar-refractivity contribution in [1.82, 2.24) is 5.01 Å². The van der Waals surface area contributed by atoms with Crippen molar-refractivity contribution in [2.45, 2.75) is 18.3 Å². The highest BCUT2D eigenvalue weighted by Gasteiger charge is 2.63. The molecule has 27 heavy (non-hydrogen) atoms. The Labute approximate surface area is 152 Å². The summed E-state index contributed by atoms with van der Waals surface area (Å²) in [6.45, 7) is 0. The van der Waals surface area contributed by atoms with Gasteiger partial charge >= 0.3 is 6.18 Å². The Kier molecular flexibility index (Phi) is 4.56. The van der Waals surface area contributed by atoms with E-state index in [1.54, 1.807) is 12.1 Å². The summed E-state index contributed by atoms with van der Waals surface area (Å²) in [6.07, 6.45) is -6.06. The van der Waals surface area contributed by atoms with Crippen molar-refractivity contribution in [3.63, 3.8) is 0 Å². The summed E-state index contributed by atoms with van der Waals surface area (Å²) in [5, 5.41) is 23.4. The topological polar surface area (TPSA) is 82.4 Å². The Morgan fingerprint density at radius 1 is 1.22 bits per heavy atom. The second-order valence-corrected chi connectivity index (χ2v) is 5.93. The van der Waals surface area contributed by atoms with Crippen LogP contribution in [0.3, 0.4) is 0 Å². The van der Waals surface area contributed by atoms with Gasteiger partial charge in [-0.1, -0.05) is 12.1 Å². The maximum absolute atomic E-state index is 13.6. The lowest BCUT2D eigenvalue weighted by atomic mass is 10.0. The molecule has 0 aromatic heterocycles. The van der Waals surface area contributed by atoms with Gasteiger partial charge in [-0.15, -0.1) is 0 Å². The Balaban J connectivity index is 2.04. The van der Waals surface area contributed by atoms with E-state index in [0.29, 0.717) is 5.75 Å². The van der Waals surface area contributed by atoms with Gasteiger partial charge in [-0.3, -0.25) is 4.79 Å². The smallest absolute Gasteiger partial charge is 0.438 e. The van der Waals surface area contributed by atoms with Gasteiger partial charge < -0.3 is 14.9 Å². The molecule has 1 aliphatic rings. The fourth-order valence-corrected chi connectivity index (χ4v) is 2.67. The Morgan fingerprint density at radius 2 is 1.89 bits per heavy atom. The van der Waals surface area contributed by atoms with Crippen molar-refractivity contribution in [2.75, 3.05) is 7.11 Å². The molecule has 142 valence electrons. The standard InChI is InChI=1S/C18H15F3N2O4/c1-27-14-4-2-3-12(9-14)15-10-17(26,18(19,20)21)23(22-15)16(25)11-5-7-13(24)8-6-11/h2-9,24,26H,10H2,1H3/t17-/m0/s1. The first kappa shape index (κ1) is 18.7. The summed E-state index contributed by atoms with van der Waals surface area (Å²) >= 11 is 0. The zero-order chi connectivity index (χ0) is 19.8. The molecule has 0 spiro atoms. The first-order valence-corrected chi connectivity index (χ1v) is 7.80. The highest BCUT2D eigenvalue weighted by molar-refractivity contribution is 6.05. The number of phenolic OH excluding ortho intramolecular Hbond substituents is 1. The third kappa shape index (κ3) is 3.33. The minimum Gasteiger partial charge on any atom is -0.508 e. The molecule has 3 rings (SSSR count). The van der Waals surface area contributed by atoms with Crippen molar-refractivity contribution in [3.05, 3.63) is 59.7 Å². The van der Waals surface area contributed by atoms with Gasteiger partial charge in [0.2, 0.25) is 0 Å². The number of halogens is 3. The summed E-state index contributed by atoms with van der Waals surface area (Å²) < 4.78 is 45.8. The van der Waals surface area contributed by atoms with Gasteiger partial charge in [0.25, 0.3) is 11.6 Å². The molecular formula is C18H15F3N2O4. The highest BCUT2D eigenvalue weighted by Crippen LogP contribution is 2.42. The van der Waals surface area contributed by atoms with E-state index in [9.17, 15) is 28.2 Å². The molecule has 0 fully saturated rings. The molecule has 1 amide bonds. The Bertz CT molecular complexity index is 896. The molecule has 0 bridgehead atoms. The van der Waals surface area contributed by atoms with Gasteiger partial charge in [-0.2, -0.15) is 23.3 Å². The zero-order valence-electron chi connectivity index (χ0n) is 14.1. The summed E-state index contributed by atoms with van der Waals surface area (Å²) in [6, 6.07) is 10.7. The van der Waals surface area contributed by atoms with E-state index in [2.05, 4.69) is 5.10 Å². The second-order valence-electron chi connectivity index (χ2n) is 5.93. The molecule has 0 saturated heterocycles. The average molecular weight is 380 g/mol. The van der Waals surface area contributed by atoms with E-state index in [1.165, 1.54) is 19.2 Å². The van der Waals surface area contributed by atoms with Crippen LogP contribution in [-0.2, 0) is 0 Å². The number of hydrogen-bond donors (Lipinski definition) is 2. The van der Waals surface area contributed by atoms with Crippen LogP contribution >= 0.6 is 0 Å². The minimum atomic E-state index is -5.14. The number of amides is 1. The monoisotopic (exact) mass is 380 g/mol. The third-order valence-electron chi connectivity index (χ3n) is 4.15. The van der Waals surface area contributed by atoms with Crippen LogP contribution < -0.4 is 4.74 Å². The molecule has 0 saturated carbocycles. The second kappa shape index (κ2) is 6.58. The van der Waals surface area contributed by atoms with Crippen LogP contribution in [0.5, 0.6) is 11.5 Å². The molecular weight excluding hydrogens is 365 g/mol. The number of hydrogen-bond acceptors (Lipinski definition) is 5. The largest absolute Gasteiger partial charge is 0.508 e. The molecule has 1 heterocycles. The van der Waals surface area contributed by atoms with Crippen molar-refractivity contribution in [2.24, 2.45) is 5.10 Å². The fraction of sp³-hybridized carbons (Fsp3) is 0.222. The maximum Gasteiger partial charge on any atom is 0.438 e. The number of carbonyl (C=O) groups excluding carboxylic acids is 1. The van der Waals surface area contributed by atoms with Crippen LogP contribution in [-0.4, -0.2) is 45.9 Å². The van der Waals surface area contributed by atoms with Crippen molar-refractivity contribution < 1.29 is 32.9 Å². The number of rotatable bonds is 3. The number of ether oxygens (including phenoxy) is 1. The lowest BCUT2D eigenvalue weighted by Gasteiger charge is -2.32. The predicted octanol–water partition coefficient (Wildman–Crippen LogP) is 2.90. The molecule has 1 aliphatic heterocycles. The number of nitrogens with zero attached hydrogens (tertiary/aromatic N) is 2. The first-order valence-electron chi connectivity index (χ1n) is 7.80. The molecule has 2 aromatic carbocycles. The summed E-state index contributed by atoms with van der Waals surface area (Å²) in [7, 11) is 1.41. The normalized spacial score (nSPS) is 19.7. The lowest BCUT2D eigenvalue weighted by Crippen LogP contribution is -2.56. The van der Waals surface area contributed by atoms with E-state index in [-0.39, 0.29) is 27.6 Å². The SMILES string of the molecule is COc1cccc(C2=NN(C(=O)c3ccc(O)cc3)[C@@](O)(C(F)(F)F)C2)c1. The highest BCUT2D eigenvalue weighted by atomic mass is 19.4. The number of aromatic hydroxyl groups is 1. The van der Waals surface area contributed by atoms with Crippen LogP contribution in [0.1, 0.15) is 22.3 Å². The van der Waals surface area contributed by atoms with Crippen molar-refractivity contribution >= 4 is 11.6 Å². The van der Waals surface area contributed by atoms with Gasteiger partial charge in [0, 0.05) is 11.1 Å². The Morgan fingerprint density at radius 3 is 2.48 bits per heavy atom. The van der Waals surface area contributed by atoms with E-state index in [0.717, 1.165) is 24.3 Å². The molecule has 0 aliphatic carbocycles. The van der Waals surface area contributed by atoms with Gasteiger partial charge in [-0.25, -0.2) is 0 Å². The van der Waals surface area contributed by atoms with Crippen LogP contribution in [0, 0.1) is 0 Å². The molecule has 1 atom stereocenters. The lowest BCUT2D eigenvalue weighted by molar-refractivity contribution is -0.297. The number of benzene rings is 2. The van der Waals surface area contributed by atoms with Gasteiger partial charge in [0.05, 0.1) is 19.2 Å². The van der Waals surface area contributed by atoms with Crippen molar-refractivity contribution in [1.29, 1.82) is 0 Å². The molecule has 9 heteroatoms. The average Bonchev–Trinajstić information content (AvgIpc) is 3.01. The number of hydrazone groups is 1. The number of aliphatic hydroxyl groups is 1.